The van der Waals surface area contributed by atoms with Crippen LogP contribution in [0.3, 0.4) is 0 Å². The summed E-state index contributed by atoms with van der Waals surface area (Å²) in [6, 6.07) is 7.91. The fraction of sp³-hybridized carbons (Fsp3) is 0.440. The molecule has 0 N–H and O–H groups in total. The maximum absolute atomic E-state index is 12.6. The Morgan fingerprint density at radius 1 is 0.655 bits per heavy atom. The molecule has 0 heterocycles. The first-order chi connectivity index (χ1) is 13.5. The number of carbonyl (C=O) groups excluding carboxylic acids is 2. The number of benzene rings is 2. The minimum atomic E-state index is -0.370. The van der Waals surface area contributed by atoms with Gasteiger partial charge in [0.2, 0.25) is 0 Å². The van der Waals surface area contributed by atoms with E-state index in [1.54, 1.807) is 0 Å². The first-order valence-electron chi connectivity index (χ1n) is 10.1. The number of hydrogen-bond donors (Lipinski definition) is 0. The first kappa shape index (κ1) is 22.7. The van der Waals surface area contributed by atoms with Crippen molar-refractivity contribution in [2.45, 2.75) is 74.0 Å². The Balaban J connectivity index is 2.00. The molecule has 0 bridgehead atoms. The molecule has 0 aromatic heterocycles. The first-order valence-corrected chi connectivity index (χ1v) is 10.1. The molecule has 29 heavy (non-hydrogen) atoms. The number of hydrogen-bond acceptors (Lipinski definition) is 4. The molecule has 2 aromatic rings. The summed E-state index contributed by atoms with van der Waals surface area (Å²) >= 11 is 0. The van der Waals surface area contributed by atoms with Gasteiger partial charge in [0.25, 0.3) is 0 Å². The smallest absolute Gasteiger partial charge is 0.338 e. The van der Waals surface area contributed by atoms with E-state index in [2.05, 4.69) is 0 Å². The van der Waals surface area contributed by atoms with E-state index in [0.717, 1.165) is 33.4 Å². The lowest BCUT2D eigenvalue weighted by Gasteiger charge is -2.20. The van der Waals surface area contributed by atoms with E-state index in [4.69, 9.17) is 9.47 Å². The minimum Gasteiger partial charge on any atom is -0.459 e. The Bertz CT molecular complexity index is 805. The molecule has 0 saturated heterocycles. The summed E-state index contributed by atoms with van der Waals surface area (Å²) in [4.78, 5) is 25.2. The van der Waals surface area contributed by atoms with Crippen molar-refractivity contribution in [2.24, 2.45) is 0 Å². The van der Waals surface area contributed by atoms with Crippen molar-refractivity contribution in [2.75, 3.05) is 0 Å². The summed E-state index contributed by atoms with van der Waals surface area (Å²) in [6.07, 6.45) is -0.304. The van der Waals surface area contributed by atoms with Gasteiger partial charge in [-0.1, -0.05) is 35.4 Å². The zero-order chi connectivity index (χ0) is 21.9. The van der Waals surface area contributed by atoms with E-state index < -0.39 is 0 Å². The predicted molar refractivity (Wildman–Crippen MR) is 116 cm³/mol. The molecule has 0 saturated carbocycles. The molecular formula is C25H32O4. The van der Waals surface area contributed by atoms with Gasteiger partial charge in [-0.15, -0.1) is 0 Å². The van der Waals surface area contributed by atoms with Gasteiger partial charge in [-0.05, 0) is 77.6 Å². The average molecular weight is 397 g/mol. The van der Waals surface area contributed by atoms with E-state index >= 15 is 0 Å². The number of esters is 2. The molecule has 2 rings (SSSR count). The van der Waals surface area contributed by atoms with E-state index in [1.165, 1.54) is 0 Å². The predicted octanol–water partition coefficient (Wildman–Crippen LogP) is 5.72. The number of rotatable bonds is 6. The van der Waals surface area contributed by atoms with Crippen molar-refractivity contribution in [3.63, 3.8) is 0 Å². The number of carbonyl (C=O) groups is 2. The normalized spacial score (nSPS) is 13.0. The summed E-state index contributed by atoms with van der Waals surface area (Å²) in [5.74, 6) is -0.674. The molecule has 0 aliphatic heterocycles. The lowest BCUT2D eigenvalue weighted by atomic mass is 10.00. The number of ether oxygens (including phenoxy) is 2. The zero-order valence-corrected chi connectivity index (χ0v) is 18.8. The topological polar surface area (TPSA) is 52.6 Å². The van der Waals surface area contributed by atoms with Gasteiger partial charge >= 0.3 is 11.9 Å². The second-order valence-corrected chi connectivity index (χ2v) is 8.21. The Morgan fingerprint density at radius 2 is 0.931 bits per heavy atom. The van der Waals surface area contributed by atoms with Gasteiger partial charge in [0.15, 0.2) is 0 Å². The standard InChI is InChI=1S/C25H32O4/c1-14-9-16(3)22(17(4)10-14)24(26)28-20(7)13-21(8)29-25(27)23-18(5)11-15(2)12-19(23)6/h9-12,20-21H,13H2,1-8H3. The minimum absolute atomic E-state index is 0.337. The summed E-state index contributed by atoms with van der Waals surface area (Å²) in [5.41, 5.74) is 7.08. The second kappa shape index (κ2) is 9.25. The highest BCUT2D eigenvalue weighted by atomic mass is 16.6. The van der Waals surface area contributed by atoms with Crippen molar-refractivity contribution < 1.29 is 19.1 Å². The molecule has 4 heteroatoms. The third-order valence-corrected chi connectivity index (χ3v) is 5.04. The van der Waals surface area contributed by atoms with Gasteiger partial charge in [0.05, 0.1) is 11.1 Å². The lowest BCUT2D eigenvalue weighted by molar-refractivity contribution is 0.00751. The highest BCUT2D eigenvalue weighted by Gasteiger charge is 2.22. The van der Waals surface area contributed by atoms with Crippen LogP contribution in [0.5, 0.6) is 0 Å². The van der Waals surface area contributed by atoms with Crippen LogP contribution in [-0.2, 0) is 9.47 Å². The SMILES string of the molecule is Cc1cc(C)c(C(=O)OC(C)CC(C)OC(=O)c2c(C)cc(C)cc2C)c(C)c1. The Hall–Kier alpha value is -2.62. The van der Waals surface area contributed by atoms with Crippen LogP contribution in [-0.4, -0.2) is 24.1 Å². The maximum atomic E-state index is 12.6. The van der Waals surface area contributed by atoms with Gasteiger partial charge in [0, 0.05) is 6.42 Å². The molecule has 0 radical (unpaired) electrons. The summed E-state index contributed by atoms with van der Waals surface area (Å²) < 4.78 is 11.3. The molecule has 2 unspecified atom stereocenters. The molecule has 156 valence electrons. The van der Waals surface area contributed by atoms with Crippen molar-refractivity contribution in [3.8, 4) is 0 Å². The summed E-state index contributed by atoms with van der Waals surface area (Å²) in [6.45, 7) is 15.3. The molecule has 0 fully saturated rings. The Morgan fingerprint density at radius 3 is 1.21 bits per heavy atom. The molecule has 0 aliphatic carbocycles. The van der Waals surface area contributed by atoms with Crippen molar-refractivity contribution >= 4 is 11.9 Å². The monoisotopic (exact) mass is 396 g/mol. The van der Waals surface area contributed by atoms with Crippen LogP contribution in [0.25, 0.3) is 0 Å². The molecule has 2 atom stereocenters. The van der Waals surface area contributed by atoms with Crippen LogP contribution < -0.4 is 0 Å². The fourth-order valence-corrected chi connectivity index (χ4v) is 4.05. The average Bonchev–Trinajstić information content (AvgIpc) is 2.51. The van der Waals surface area contributed by atoms with Gasteiger partial charge in [-0.25, -0.2) is 9.59 Å². The molecule has 2 aromatic carbocycles. The molecule has 0 aliphatic rings. The fourth-order valence-electron chi connectivity index (χ4n) is 4.05. The quantitative estimate of drug-likeness (QED) is 0.586. The maximum Gasteiger partial charge on any atom is 0.338 e. The van der Waals surface area contributed by atoms with Crippen molar-refractivity contribution in [3.05, 3.63) is 68.8 Å². The van der Waals surface area contributed by atoms with Crippen LogP contribution in [0.4, 0.5) is 0 Å². The van der Waals surface area contributed by atoms with Gasteiger partial charge in [0.1, 0.15) is 12.2 Å². The largest absolute Gasteiger partial charge is 0.459 e. The third kappa shape index (κ3) is 5.69. The van der Waals surface area contributed by atoms with E-state index in [0.29, 0.717) is 17.5 Å². The van der Waals surface area contributed by atoms with Gasteiger partial charge in [-0.2, -0.15) is 0 Å². The molecular weight excluding hydrogens is 364 g/mol. The molecule has 0 spiro atoms. The Labute approximate surface area is 174 Å². The summed E-state index contributed by atoms with van der Waals surface area (Å²) in [7, 11) is 0. The van der Waals surface area contributed by atoms with Gasteiger partial charge < -0.3 is 9.47 Å². The third-order valence-electron chi connectivity index (χ3n) is 5.04. The van der Waals surface area contributed by atoms with E-state index in [1.807, 2.05) is 79.7 Å². The summed E-state index contributed by atoms with van der Waals surface area (Å²) in [5, 5.41) is 0. The van der Waals surface area contributed by atoms with Crippen LogP contribution in [0.2, 0.25) is 0 Å². The highest BCUT2D eigenvalue weighted by Crippen LogP contribution is 2.21. The van der Waals surface area contributed by atoms with Crippen LogP contribution in [0, 0.1) is 41.5 Å². The second-order valence-electron chi connectivity index (χ2n) is 8.21. The van der Waals surface area contributed by atoms with Crippen molar-refractivity contribution in [1.82, 2.24) is 0 Å². The lowest BCUT2D eigenvalue weighted by Crippen LogP contribution is -2.25. The van der Waals surface area contributed by atoms with Crippen LogP contribution >= 0.6 is 0 Å². The van der Waals surface area contributed by atoms with Crippen molar-refractivity contribution in [1.29, 1.82) is 0 Å². The Kier molecular flexibility index (Phi) is 7.23. The van der Waals surface area contributed by atoms with Gasteiger partial charge in [-0.3, -0.25) is 0 Å². The number of aryl methyl sites for hydroxylation is 6. The van der Waals surface area contributed by atoms with Crippen LogP contribution in [0.15, 0.2) is 24.3 Å². The molecule has 0 amide bonds. The molecule has 4 nitrogen and oxygen atoms in total. The highest BCUT2D eigenvalue weighted by molar-refractivity contribution is 5.93. The van der Waals surface area contributed by atoms with E-state index in [-0.39, 0.29) is 24.1 Å². The van der Waals surface area contributed by atoms with E-state index in [9.17, 15) is 9.59 Å². The van der Waals surface area contributed by atoms with Crippen LogP contribution in [0.1, 0.15) is 74.4 Å². The zero-order valence-electron chi connectivity index (χ0n) is 18.8.